The van der Waals surface area contributed by atoms with Crippen LogP contribution in [-0.2, 0) is 9.53 Å². The SMILES string of the molecule is O=C(OC1c2ccccc2-c2ccccc21)C12CC3CC(CC(C3)C1)C2. The summed E-state index contributed by atoms with van der Waals surface area (Å²) >= 11 is 0. The minimum Gasteiger partial charge on any atom is -0.452 e. The summed E-state index contributed by atoms with van der Waals surface area (Å²) in [4.78, 5) is 13.5. The predicted octanol–water partition coefficient (Wildman–Crippen LogP) is 5.52. The topological polar surface area (TPSA) is 26.3 Å². The molecule has 4 fully saturated rings. The monoisotopic (exact) mass is 344 g/mol. The minimum absolute atomic E-state index is 0.0770. The minimum atomic E-state index is -0.233. The number of fused-ring (bicyclic) bond motifs is 3. The van der Waals surface area contributed by atoms with Crippen molar-refractivity contribution in [1.29, 1.82) is 0 Å². The van der Waals surface area contributed by atoms with E-state index < -0.39 is 0 Å². The molecule has 0 unspecified atom stereocenters. The van der Waals surface area contributed by atoms with Gasteiger partial charge < -0.3 is 4.74 Å². The first-order valence-electron chi connectivity index (χ1n) is 10.1. The van der Waals surface area contributed by atoms with E-state index in [0.717, 1.165) is 48.1 Å². The van der Waals surface area contributed by atoms with Crippen molar-refractivity contribution < 1.29 is 9.53 Å². The Labute approximate surface area is 154 Å². The van der Waals surface area contributed by atoms with Gasteiger partial charge in [0.05, 0.1) is 5.41 Å². The van der Waals surface area contributed by atoms with Gasteiger partial charge in [-0.25, -0.2) is 0 Å². The third kappa shape index (κ3) is 2.02. The highest BCUT2D eigenvalue weighted by atomic mass is 16.5. The van der Waals surface area contributed by atoms with Gasteiger partial charge >= 0.3 is 5.97 Å². The summed E-state index contributed by atoms with van der Waals surface area (Å²) in [7, 11) is 0. The third-order valence-electron chi connectivity index (χ3n) is 7.47. The van der Waals surface area contributed by atoms with Gasteiger partial charge in [-0.3, -0.25) is 4.79 Å². The number of rotatable bonds is 2. The van der Waals surface area contributed by atoms with E-state index >= 15 is 0 Å². The molecule has 5 aliphatic carbocycles. The molecule has 0 N–H and O–H groups in total. The summed E-state index contributed by atoms with van der Waals surface area (Å²) in [6.07, 6.45) is 7.00. The number of ether oxygens (including phenoxy) is 1. The van der Waals surface area contributed by atoms with Crippen LogP contribution in [0.15, 0.2) is 48.5 Å². The number of carbonyl (C=O) groups is 1. The zero-order valence-corrected chi connectivity index (χ0v) is 15.0. The maximum absolute atomic E-state index is 13.5. The van der Waals surface area contributed by atoms with Gasteiger partial charge in [0, 0.05) is 11.1 Å². The van der Waals surface area contributed by atoms with Crippen LogP contribution in [0.4, 0.5) is 0 Å². The second-order valence-electron chi connectivity index (χ2n) is 9.16. The molecule has 2 nitrogen and oxygen atoms in total. The van der Waals surface area contributed by atoms with Crippen molar-refractivity contribution in [3.05, 3.63) is 59.7 Å². The Kier molecular flexibility index (Phi) is 3.01. The summed E-state index contributed by atoms with van der Waals surface area (Å²) in [5.41, 5.74) is 4.53. The number of esters is 1. The van der Waals surface area contributed by atoms with Crippen molar-refractivity contribution in [3.63, 3.8) is 0 Å². The van der Waals surface area contributed by atoms with Gasteiger partial charge in [-0.05, 0) is 67.4 Å². The molecule has 2 aromatic rings. The molecular weight excluding hydrogens is 320 g/mol. The van der Waals surface area contributed by atoms with E-state index in [0.29, 0.717) is 0 Å². The lowest BCUT2D eigenvalue weighted by Gasteiger charge is -2.55. The van der Waals surface area contributed by atoms with Gasteiger partial charge in [0.15, 0.2) is 6.10 Å². The smallest absolute Gasteiger partial charge is 0.313 e. The van der Waals surface area contributed by atoms with Crippen molar-refractivity contribution >= 4 is 5.97 Å². The molecule has 4 bridgehead atoms. The fraction of sp³-hybridized carbons (Fsp3) is 0.458. The highest BCUT2D eigenvalue weighted by molar-refractivity contribution is 5.82. The lowest BCUT2D eigenvalue weighted by molar-refractivity contribution is -0.175. The number of hydrogen-bond acceptors (Lipinski definition) is 2. The normalized spacial score (nSPS) is 33.8. The fourth-order valence-electron chi connectivity index (χ4n) is 6.83. The lowest BCUT2D eigenvalue weighted by Crippen LogP contribution is -2.50. The van der Waals surface area contributed by atoms with Gasteiger partial charge in [0.1, 0.15) is 0 Å². The highest BCUT2D eigenvalue weighted by Crippen LogP contribution is 2.61. The molecule has 0 heterocycles. The quantitative estimate of drug-likeness (QED) is 0.671. The van der Waals surface area contributed by atoms with Crippen molar-refractivity contribution in [1.82, 2.24) is 0 Å². The Morgan fingerprint density at radius 3 is 1.73 bits per heavy atom. The molecule has 7 rings (SSSR count). The van der Waals surface area contributed by atoms with Crippen LogP contribution in [0.1, 0.15) is 55.8 Å². The van der Waals surface area contributed by atoms with E-state index in [-0.39, 0.29) is 17.5 Å². The molecule has 4 saturated carbocycles. The first kappa shape index (κ1) is 15.0. The summed E-state index contributed by atoms with van der Waals surface area (Å²) < 4.78 is 6.31. The zero-order chi connectivity index (χ0) is 17.3. The molecular formula is C24H24O2. The van der Waals surface area contributed by atoms with E-state index in [1.807, 2.05) is 0 Å². The van der Waals surface area contributed by atoms with E-state index in [1.165, 1.54) is 30.4 Å². The Hall–Kier alpha value is -2.09. The Morgan fingerprint density at radius 1 is 0.769 bits per heavy atom. The highest BCUT2D eigenvalue weighted by Gasteiger charge is 2.56. The van der Waals surface area contributed by atoms with Crippen molar-refractivity contribution in [2.75, 3.05) is 0 Å². The first-order chi connectivity index (χ1) is 12.7. The summed E-state index contributed by atoms with van der Waals surface area (Å²) in [6.45, 7) is 0. The molecule has 0 radical (unpaired) electrons. The molecule has 0 spiro atoms. The maximum Gasteiger partial charge on any atom is 0.313 e. The third-order valence-corrected chi connectivity index (χ3v) is 7.47. The molecule has 26 heavy (non-hydrogen) atoms. The van der Waals surface area contributed by atoms with Crippen LogP contribution in [-0.4, -0.2) is 5.97 Å². The first-order valence-corrected chi connectivity index (χ1v) is 10.1. The van der Waals surface area contributed by atoms with Crippen LogP contribution in [0.3, 0.4) is 0 Å². The molecule has 0 atom stereocenters. The molecule has 2 aromatic carbocycles. The average Bonchev–Trinajstić information content (AvgIpc) is 2.95. The van der Waals surface area contributed by atoms with Crippen molar-refractivity contribution in [3.8, 4) is 11.1 Å². The second kappa shape index (κ2) is 5.22. The average molecular weight is 344 g/mol. The van der Waals surface area contributed by atoms with Crippen molar-refractivity contribution in [2.45, 2.75) is 44.6 Å². The Bertz CT molecular complexity index is 816. The van der Waals surface area contributed by atoms with Gasteiger partial charge in [-0.1, -0.05) is 48.5 Å². The molecule has 0 amide bonds. The summed E-state index contributed by atoms with van der Waals surface area (Å²) in [5, 5.41) is 0. The van der Waals surface area contributed by atoms with Crippen LogP contribution in [0.25, 0.3) is 11.1 Å². The number of hydrogen-bond donors (Lipinski definition) is 0. The van der Waals surface area contributed by atoms with Crippen LogP contribution in [0.2, 0.25) is 0 Å². The molecule has 132 valence electrons. The Morgan fingerprint density at radius 2 is 1.23 bits per heavy atom. The number of benzene rings is 2. The lowest BCUT2D eigenvalue weighted by atomic mass is 9.49. The molecule has 2 heteroatoms. The van der Waals surface area contributed by atoms with Crippen LogP contribution in [0.5, 0.6) is 0 Å². The largest absolute Gasteiger partial charge is 0.452 e. The summed E-state index contributed by atoms with van der Waals surface area (Å²) in [6, 6.07) is 16.8. The standard InChI is InChI=1S/C24H24O2/c25-23(24-12-15-9-16(13-24)11-17(10-15)14-24)26-22-20-7-3-1-5-18(20)19-6-2-4-8-21(19)22/h1-8,15-17,22H,9-14H2. The second-order valence-corrected chi connectivity index (χ2v) is 9.16. The van der Waals surface area contributed by atoms with Gasteiger partial charge in [-0.2, -0.15) is 0 Å². The van der Waals surface area contributed by atoms with E-state index in [1.54, 1.807) is 0 Å². The van der Waals surface area contributed by atoms with E-state index in [4.69, 9.17) is 4.74 Å². The molecule has 5 aliphatic rings. The van der Waals surface area contributed by atoms with E-state index in [2.05, 4.69) is 48.5 Å². The van der Waals surface area contributed by atoms with Gasteiger partial charge in [-0.15, -0.1) is 0 Å². The summed E-state index contributed by atoms with van der Waals surface area (Å²) in [5.74, 6) is 2.36. The van der Waals surface area contributed by atoms with Crippen LogP contribution in [0, 0.1) is 23.2 Å². The number of carbonyl (C=O) groups excluding carboxylic acids is 1. The Balaban J connectivity index is 1.36. The van der Waals surface area contributed by atoms with Gasteiger partial charge in [0.2, 0.25) is 0 Å². The molecule has 0 aromatic heterocycles. The molecule has 0 aliphatic heterocycles. The fourth-order valence-corrected chi connectivity index (χ4v) is 6.83. The zero-order valence-electron chi connectivity index (χ0n) is 15.0. The van der Waals surface area contributed by atoms with Gasteiger partial charge in [0.25, 0.3) is 0 Å². The maximum atomic E-state index is 13.5. The van der Waals surface area contributed by atoms with Crippen LogP contribution >= 0.6 is 0 Å². The van der Waals surface area contributed by atoms with E-state index in [9.17, 15) is 4.79 Å². The van der Waals surface area contributed by atoms with Crippen molar-refractivity contribution in [2.24, 2.45) is 23.2 Å². The molecule has 0 saturated heterocycles. The predicted molar refractivity (Wildman–Crippen MR) is 100 cm³/mol. The van der Waals surface area contributed by atoms with Crippen LogP contribution < -0.4 is 0 Å².